The molecule has 0 saturated carbocycles. The molecule has 4 heteroatoms. The molecule has 1 unspecified atom stereocenters. The zero-order valence-electron chi connectivity index (χ0n) is 11.1. The number of fused-ring (bicyclic) bond motifs is 1. The van der Waals surface area contributed by atoms with Gasteiger partial charge in [-0.3, -0.25) is 4.98 Å². The van der Waals surface area contributed by atoms with Gasteiger partial charge in [0.25, 0.3) is 0 Å². The van der Waals surface area contributed by atoms with Crippen LogP contribution in [0.1, 0.15) is 18.0 Å². The summed E-state index contributed by atoms with van der Waals surface area (Å²) in [7, 11) is 1.68. The molecular formula is C15H18N2O2. The van der Waals surface area contributed by atoms with Gasteiger partial charge >= 0.3 is 0 Å². The van der Waals surface area contributed by atoms with E-state index in [9.17, 15) is 0 Å². The quantitative estimate of drug-likeness (QED) is 0.897. The lowest BCUT2D eigenvalue weighted by Crippen LogP contribution is -2.22. The number of benzene rings is 1. The monoisotopic (exact) mass is 258 g/mol. The molecule has 2 heterocycles. The molecular weight excluding hydrogens is 240 g/mol. The Labute approximate surface area is 112 Å². The smallest absolute Gasteiger partial charge is 0.119 e. The van der Waals surface area contributed by atoms with Crippen molar-refractivity contribution in [2.75, 3.05) is 26.9 Å². The first-order chi connectivity index (χ1) is 9.36. The fourth-order valence-corrected chi connectivity index (χ4v) is 2.44. The first-order valence-electron chi connectivity index (χ1n) is 6.61. The van der Waals surface area contributed by atoms with Gasteiger partial charge in [0.2, 0.25) is 0 Å². The lowest BCUT2D eigenvalue weighted by Gasteiger charge is -2.15. The highest BCUT2D eigenvalue weighted by Gasteiger charge is 2.14. The van der Waals surface area contributed by atoms with E-state index in [1.54, 1.807) is 7.11 Å². The molecule has 1 fully saturated rings. The van der Waals surface area contributed by atoms with Gasteiger partial charge in [-0.1, -0.05) is 0 Å². The molecule has 1 aliphatic heterocycles. The minimum Gasteiger partial charge on any atom is -0.497 e. The summed E-state index contributed by atoms with van der Waals surface area (Å²) in [4.78, 5) is 4.53. The summed E-state index contributed by atoms with van der Waals surface area (Å²) in [5.74, 6) is 0.864. The van der Waals surface area contributed by atoms with Gasteiger partial charge in [0.1, 0.15) is 5.75 Å². The fourth-order valence-electron chi connectivity index (χ4n) is 2.44. The first kappa shape index (κ1) is 12.4. The molecule has 4 nitrogen and oxygen atoms in total. The maximum absolute atomic E-state index is 5.47. The van der Waals surface area contributed by atoms with Crippen molar-refractivity contribution in [3.8, 4) is 5.75 Å². The van der Waals surface area contributed by atoms with Crippen molar-refractivity contribution in [3.63, 3.8) is 0 Å². The van der Waals surface area contributed by atoms with E-state index in [4.69, 9.17) is 9.47 Å². The van der Waals surface area contributed by atoms with Crippen LogP contribution >= 0.6 is 0 Å². The SMILES string of the molecule is COc1ccc2ncc(C3CCOCCN3)cc2c1. The van der Waals surface area contributed by atoms with E-state index in [-0.39, 0.29) is 0 Å². The van der Waals surface area contributed by atoms with Gasteiger partial charge in [-0.05, 0) is 36.2 Å². The molecule has 1 N–H and O–H groups in total. The van der Waals surface area contributed by atoms with Gasteiger partial charge in [-0.2, -0.15) is 0 Å². The van der Waals surface area contributed by atoms with Gasteiger partial charge < -0.3 is 14.8 Å². The van der Waals surface area contributed by atoms with Crippen LogP contribution in [-0.4, -0.2) is 31.9 Å². The number of methoxy groups -OCH3 is 1. The van der Waals surface area contributed by atoms with E-state index in [1.165, 1.54) is 5.56 Å². The van der Waals surface area contributed by atoms with Gasteiger partial charge in [0.05, 0.1) is 19.2 Å². The maximum atomic E-state index is 5.47. The first-order valence-corrected chi connectivity index (χ1v) is 6.61. The van der Waals surface area contributed by atoms with E-state index >= 15 is 0 Å². The van der Waals surface area contributed by atoms with E-state index in [2.05, 4.69) is 16.4 Å². The number of nitrogens with zero attached hydrogens (tertiary/aromatic N) is 1. The van der Waals surface area contributed by atoms with Crippen LogP contribution in [0, 0.1) is 0 Å². The van der Waals surface area contributed by atoms with E-state index in [0.717, 1.165) is 42.8 Å². The number of rotatable bonds is 2. The highest BCUT2D eigenvalue weighted by Crippen LogP contribution is 2.24. The largest absolute Gasteiger partial charge is 0.497 e. The number of hydrogen-bond donors (Lipinski definition) is 1. The topological polar surface area (TPSA) is 43.4 Å². The zero-order valence-corrected chi connectivity index (χ0v) is 11.1. The second-order valence-electron chi connectivity index (χ2n) is 4.74. The van der Waals surface area contributed by atoms with Crippen LogP contribution < -0.4 is 10.1 Å². The summed E-state index contributed by atoms with van der Waals surface area (Å²) in [6, 6.07) is 8.46. The van der Waals surface area contributed by atoms with Crippen molar-refractivity contribution in [2.45, 2.75) is 12.5 Å². The molecule has 0 spiro atoms. The van der Waals surface area contributed by atoms with E-state index in [0.29, 0.717) is 6.04 Å². The van der Waals surface area contributed by atoms with Crippen molar-refractivity contribution in [2.24, 2.45) is 0 Å². The second-order valence-corrected chi connectivity index (χ2v) is 4.74. The molecule has 100 valence electrons. The van der Waals surface area contributed by atoms with Crippen LogP contribution in [0.3, 0.4) is 0 Å². The van der Waals surface area contributed by atoms with Crippen LogP contribution in [0.25, 0.3) is 10.9 Å². The summed E-state index contributed by atoms with van der Waals surface area (Å²) in [6.07, 6.45) is 2.94. The Morgan fingerprint density at radius 3 is 3.16 bits per heavy atom. The molecule has 1 aromatic carbocycles. The zero-order chi connectivity index (χ0) is 13.1. The third-order valence-electron chi connectivity index (χ3n) is 3.50. The standard InChI is InChI=1S/C15H18N2O2/c1-18-13-2-3-14-11(9-13)8-12(10-17-14)15-4-6-19-7-5-16-15/h2-3,8-10,15-16H,4-7H2,1H3. The molecule has 0 amide bonds. The minimum atomic E-state index is 0.325. The number of aromatic nitrogens is 1. The summed E-state index contributed by atoms with van der Waals surface area (Å²) in [5.41, 5.74) is 2.21. The molecule has 19 heavy (non-hydrogen) atoms. The fraction of sp³-hybridized carbons (Fsp3) is 0.400. The van der Waals surface area contributed by atoms with Gasteiger partial charge in [-0.15, -0.1) is 0 Å². The van der Waals surface area contributed by atoms with Gasteiger partial charge in [0, 0.05) is 30.8 Å². The van der Waals surface area contributed by atoms with E-state index < -0.39 is 0 Å². The Kier molecular flexibility index (Phi) is 3.62. The third kappa shape index (κ3) is 2.69. The second kappa shape index (κ2) is 5.55. The highest BCUT2D eigenvalue weighted by molar-refractivity contribution is 5.80. The number of hydrogen-bond acceptors (Lipinski definition) is 4. The normalized spacial score (nSPS) is 20.2. The van der Waals surface area contributed by atoms with Crippen molar-refractivity contribution < 1.29 is 9.47 Å². The minimum absolute atomic E-state index is 0.325. The van der Waals surface area contributed by atoms with Crippen LogP contribution in [-0.2, 0) is 4.74 Å². The molecule has 0 bridgehead atoms. The van der Waals surface area contributed by atoms with Crippen molar-refractivity contribution in [1.29, 1.82) is 0 Å². The van der Waals surface area contributed by atoms with Crippen LogP contribution in [0.5, 0.6) is 5.75 Å². The van der Waals surface area contributed by atoms with Gasteiger partial charge in [0.15, 0.2) is 0 Å². The Bertz CT molecular complexity index is 563. The molecule has 0 aliphatic carbocycles. The summed E-state index contributed by atoms with van der Waals surface area (Å²) >= 11 is 0. The number of ether oxygens (including phenoxy) is 2. The van der Waals surface area contributed by atoms with E-state index in [1.807, 2.05) is 24.4 Å². The van der Waals surface area contributed by atoms with Crippen molar-refractivity contribution in [3.05, 3.63) is 36.0 Å². The lowest BCUT2D eigenvalue weighted by molar-refractivity contribution is 0.150. The molecule has 1 aliphatic rings. The molecule has 2 aromatic rings. The Morgan fingerprint density at radius 2 is 2.26 bits per heavy atom. The van der Waals surface area contributed by atoms with Crippen molar-refractivity contribution in [1.82, 2.24) is 10.3 Å². The molecule has 1 aromatic heterocycles. The summed E-state index contributed by atoms with van der Waals surface area (Å²) < 4.78 is 10.7. The number of pyridine rings is 1. The van der Waals surface area contributed by atoms with Gasteiger partial charge in [-0.25, -0.2) is 0 Å². The third-order valence-corrected chi connectivity index (χ3v) is 3.50. The predicted octanol–water partition coefficient (Wildman–Crippen LogP) is 2.29. The summed E-state index contributed by atoms with van der Waals surface area (Å²) in [5, 5.41) is 4.61. The molecule has 0 radical (unpaired) electrons. The Morgan fingerprint density at radius 1 is 1.32 bits per heavy atom. The van der Waals surface area contributed by atoms with Crippen LogP contribution in [0.4, 0.5) is 0 Å². The lowest BCUT2D eigenvalue weighted by atomic mass is 10.0. The van der Waals surface area contributed by atoms with Crippen LogP contribution in [0.2, 0.25) is 0 Å². The van der Waals surface area contributed by atoms with Crippen LogP contribution in [0.15, 0.2) is 30.5 Å². The predicted molar refractivity (Wildman–Crippen MR) is 74.5 cm³/mol. The Hall–Kier alpha value is -1.65. The molecule has 1 atom stereocenters. The average Bonchev–Trinajstić information content (AvgIpc) is 2.75. The highest BCUT2D eigenvalue weighted by atomic mass is 16.5. The Balaban J connectivity index is 1.94. The maximum Gasteiger partial charge on any atom is 0.119 e. The van der Waals surface area contributed by atoms with Crippen molar-refractivity contribution >= 4 is 10.9 Å². The summed E-state index contributed by atoms with van der Waals surface area (Å²) in [6.45, 7) is 2.47. The number of nitrogens with one attached hydrogen (secondary N) is 1. The molecule has 1 saturated heterocycles. The average molecular weight is 258 g/mol. The molecule has 3 rings (SSSR count).